The number of hydrogen-bond donors (Lipinski definition) is 1. The molecule has 0 saturated heterocycles. The van der Waals surface area contributed by atoms with Crippen molar-refractivity contribution < 1.29 is 9.47 Å². The second-order valence-electron chi connectivity index (χ2n) is 4.03. The lowest BCUT2D eigenvalue weighted by Crippen LogP contribution is -2.32. The van der Waals surface area contributed by atoms with Crippen molar-refractivity contribution >= 4 is 11.6 Å². The third-order valence-electron chi connectivity index (χ3n) is 2.74. The minimum absolute atomic E-state index is 0.0689. The maximum Gasteiger partial charge on any atom is 0.324 e. The number of hydrogen-bond acceptors (Lipinski definition) is 6. The molecule has 0 spiro atoms. The number of methoxy groups -OCH3 is 1. The van der Waals surface area contributed by atoms with Crippen LogP contribution in [0.3, 0.4) is 0 Å². The quantitative estimate of drug-likeness (QED) is 0.877. The van der Waals surface area contributed by atoms with Gasteiger partial charge in [-0.05, 0) is 37.3 Å². The molecule has 0 aliphatic heterocycles. The highest BCUT2D eigenvalue weighted by Gasteiger charge is 2.21. The van der Waals surface area contributed by atoms with Gasteiger partial charge in [0, 0.05) is 6.04 Å². The third kappa shape index (κ3) is 3.41. The van der Waals surface area contributed by atoms with E-state index in [2.05, 4.69) is 15.0 Å². The molecule has 2 rings (SSSR count). The Labute approximate surface area is 105 Å². The Kier molecular flexibility index (Phi) is 3.96. The van der Waals surface area contributed by atoms with Crippen LogP contribution in [0.2, 0.25) is 5.28 Å². The van der Waals surface area contributed by atoms with Crippen molar-refractivity contribution in [3.63, 3.8) is 0 Å². The Morgan fingerprint density at radius 3 is 2.41 bits per heavy atom. The number of rotatable bonds is 3. The number of aromatic nitrogens is 3. The standard InChI is InChI=1S/C10H15ClN4O2/c1-16-9-13-8(11)14-10(15-9)17-7-4-2-6(12)3-5-7/h6-7H,2-5,12H2,1H3. The van der Waals surface area contributed by atoms with Crippen LogP contribution in [0.15, 0.2) is 0 Å². The van der Waals surface area contributed by atoms with Gasteiger partial charge in [-0.2, -0.15) is 9.97 Å². The van der Waals surface area contributed by atoms with Crippen molar-refractivity contribution in [2.45, 2.75) is 37.8 Å². The molecule has 0 aromatic carbocycles. The highest BCUT2D eigenvalue weighted by molar-refractivity contribution is 6.28. The number of nitrogens with zero attached hydrogens (tertiary/aromatic N) is 3. The Balaban J connectivity index is 2.00. The van der Waals surface area contributed by atoms with Crippen LogP contribution in [0.5, 0.6) is 12.0 Å². The molecule has 1 fully saturated rings. The zero-order valence-corrected chi connectivity index (χ0v) is 10.4. The van der Waals surface area contributed by atoms with Gasteiger partial charge in [0.15, 0.2) is 0 Å². The summed E-state index contributed by atoms with van der Waals surface area (Å²) in [5, 5.41) is 0.0689. The molecular weight excluding hydrogens is 244 g/mol. The molecule has 2 N–H and O–H groups in total. The summed E-state index contributed by atoms with van der Waals surface area (Å²) in [5.41, 5.74) is 5.82. The van der Waals surface area contributed by atoms with E-state index in [-0.39, 0.29) is 29.5 Å². The van der Waals surface area contributed by atoms with Gasteiger partial charge in [0.25, 0.3) is 0 Å². The van der Waals surface area contributed by atoms with E-state index in [4.69, 9.17) is 26.8 Å². The summed E-state index contributed by atoms with van der Waals surface area (Å²) in [4.78, 5) is 11.7. The molecule has 1 saturated carbocycles. The molecule has 1 aromatic rings. The molecule has 0 bridgehead atoms. The minimum atomic E-state index is 0.0689. The van der Waals surface area contributed by atoms with Gasteiger partial charge in [-0.25, -0.2) is 0 Å². The van der Waals surface area contributed by atoms with E-state index in [1.807, 2.05) is 0 Å². The fourth-order valence-corrected chi connectivity index (χ4v) is 1.96. The highest BCUT2D eigenvalue weighted by Crippen LogP contribution is 2.22. The Morgan fingerprint density at radius 1 is 1.12 bits per heavy atom. The largest absolute Gasteiger partial charge is 0.467 e. The van der Waals surface area contributed by atoms with Gasteiger partial charge < -0.3 is 15.2 Å². The second-order valence-corrected chi connectivity index (χ2v) is 4.37. The van der Waals surface area contributed by atoms with Gasteiger partial charge >= 0.3 is 12.0 Å². The van der Waals surface area contributed by atoms with Crippen LogP contribution in [0.1, 0.15) is 25.7 Å². The summed E-state index contributed by atoms with van der Waals surface area (Å²) < 4.78 is 10.5. The van der Waals surface area contributed by atoms with Crippen LogP contribution in [-0.2, 0) is 0 Å². The summed E-state index contributed by atoms with van der Waals surface area (Å²) in [7, 11) is 1.47. The smallest absolute Gasteiger partial charge is 0.324 e. The van der Waals surface area contributed by atoms with Crippen molar-refractivity contribution in [1.29, 1.82) is 0 Å². The zero-order chi connectivity index (χ0) is 12.3. The van der Waals surface area contributed by atoms with Gasteiger partial charge in [-0.15, -0.1) is 4.98 Å². The molecule has 17 heavy (non-hydrogen) atoms. The molecular formula is C10H15ClN4O2. The molecule has 1 aliphatic rings. The van der Waals surface area contributed by atoms with Crippen LogP contribution in [0, 0.1) is 0 Å². The fraction of sp³-hybridized carbons (Fsp3) is 0.700. The summed E-state index contributed by atoms with van der Waals surface area (Å²) in [5.74, 6) is 0. The normalized spacial score (nSPS) is 24.4. The maximum absolute atomic E-state index is 5.82. The molecule has 94 valence electrons. The van der Waals surface area contributed by atoms with E-state index < -0.39 is 0 Å². The van der Waals surface area contributed by atoms with Crippen LogP contribution in [-0.4, -0.2) is 34.2 Å². The number of ether oxygens (including phenoxy) is 2. The fourth-order valence-electron chi connectivity index (χ4n) is 1.81. The first-order valence-electron chi connectivity index (χ1n) is 5.55. The van der Waals surface area contributed by atoms with Crippen molar-refractivity contribution in [2.75, 3.05) is 7.11 Å². The predicted molar refractivity (Wildman–Crippen MR) is 62.2 cm³/mol. The highest BCUT2D eigenvalue weighted by atomic mass is 35.5. The average Bonchev–Trinajstić information content (AvgIpc) is 2.31. The first-order valence-corrected chi connectivity index (χ1v) is 5.93. The molecule has 6 nitrogen and oxygen atoms in total. The SMILES string of the molecule is COc1nc(Cl)nc(OC2CCC(N)CC2)n1. The first-order chi connectivity index (χ1) is 8.17. The van der Waals surface area contributed by atoms with E-state index in [9.17, 15) is 0 Å². The molecule has 0 amide bonds. The molecule has 0 radical (unpaired) electrons. The summed E-state index contributed by atoms with van der Waals surface area (Å²) in [6.45, 7) is 0. The number of halogens is 1. The Morgan fingerprint density at radius 2 is 1.76 bits per heavy atom. The molecule has 0 atom stereocenters. The Hall–Kier alpha value is -1.14. The van der Waals surface area contributed by atoms with Crippen LogP contribution in [0.25, 0.3) is 0 Å². The van der Waals surface area contributed by atoms with Crippen LogP contribution in [0.4, 0.5) is 0 Å². The Bertz CT molecular complexity index is 383. The van der Waals surface area contributed by atoms with Crippen molar-refractivity contribution in [2.24, 2.45) is 5.73 Å². The van der Waals surface area contributed by atoms with E-state index in [0.29, 0.717) is 0 Å². The maximum atomic E-state index is 5.82. The van der Waals surface area contributed by atoms with Gasteiger partial charge in [0.2, 0.25) is 5.28 Å². The molecule has 7 heteroatoms. The molecule has 0 unspecified atom stereocenters. The predicted octanol–water partition coefficient (Wildman–Crippen LogP) is 1.18. The summed E-state index contributed by atoms with van der Waals surface area (Å²) in [6, 6.07) is 0.654. The molecule has 1 heterocycles. The van der Waals surface area contributed by atoms with Gasteiger partial charge in [-0.3, -0.25) is 0 Å². The van der Waals surface area contributed by atoms with E-state index in [1.54, 1.807) is 0 Å². The lowest BCUT2D eigenvalue weighted by Gasteiger charge is -2.25. The van der Waals surface area contributed by atoms with Crippen molar-refractivity contribution in [3.8, 4) is 12.0 Å². The average molecular weight is 259 g/mol. The first kappa shape index (κ1) is 12.3. The topological polar surface area (TPSA) is 83.2 Å². The van der Waals surface area contributed by atoms with Crippen LogP contribution < -0.4 is 15.2 Å². The van der Waals surface area contributed by atoms with Gasteiger partial charge in [-0.1, -0.05) is 0 Å². The van der Waals surface area contributed by atoms with Crippen LogP contribution >= 0.6 is 11.6 Å². The summed E-state index contributed by atoms with van der Waals surface area (Å²) >= 11 is 5.73. The number of nitrogens with two attached hydrogens (primary N) is 1. The van der Waals surface area contributed by atoms with E-state index in [1.165, 1.54) is 7.11 Å². The second kappa shape index (κ2) is 5.46. The summed E-state index contributed by atoms with van der Waals surface area (Å²) in [6.07, 6.45) is 3.83. The van der Waals surface area contributed by atoms with Crippen molar-refractivity contribution in [3.05, 3.63) is 5.28 Å². The van der Waals surface area contributed by atoms with Gasteiger partial charge in [0.05, 0.1) is 7.11 Å². The zero-order valence-electron chi connectivity index (χ0n) is 9.60. The van der Waals surface area contributed by atoms with E-state index in [0.717, 1.165) is 25.7 Å². The van der Waals surface area contributed by atoms with Gasteiger partial charge in [0.1, 0.15) is 6.10 Å². The molecule has 1 aromatic heterocycles. The minimum Gasteiger partial charge on any atom is -0.467 e. The lowest BCUT2D eigenvalue weighted by molar-refractivity contribution is 0.133. The monoisotopic (exact) mass is 258 g/mol. The third-order valence-corrected chi connectivity index (χ3v) is 2.91. The van der Waals surface area contributed by atoms with Crippen molar-refractivity contribution in [1.82, 2.24) is 15.0 Å². The lowest BCUT2D eigenvalue weighted by atomic mass is 9.94. The molecule has 1 aliphatic carbocycles. The van der Waals surface area contributed by atoms with E-state index >= 15 is 0 Å².